The smallest absolute Gasteiger partial charge is 0.224 e. The van der Waals surface area contributed by atoms with E-state index in [4.69, 9.17) is 0 Å². The summed E-state index contributed by atoms with van der Waals surface area (Å²) in [6.07, 6.45) is 3.33. The second kappa shape index (κ2) is 5.63. The van der Waals surface area contributed by atoms with Crippen LogP contribution >= 0.6 is 15.9 Å². The van der Waals surface area contributed by atoms with Gasteiger partial charge < -0.3 is 5.32 Å². The Morgan fingerprint density at radius 1 is 1.41 bits per heavy atom. The molecule has 1 N–H and O–H groups in total. The van der Waals surface area contributed by atoms with E-state index in [0.29, 0.717) is 10.4 Å². The number of carbonyl (C=O) groups excluding carboxylic acids is 1. The van der Waals surface area contributed by atoms with Gasteiger partial charge in [0.15, 0.2) is 0 Å². The van der Waals surface area contributed by atoms with Gasteiger partial charge in [-0.1, -0.05) is 40.5 Å². The van der Waals surface area contributed by atoms with Crippen molar-refractivity contribution < 1.29 is 9.18 Å². The molecule has 1 saturated carbocycles. The summed E-state index contributed by atoms with van der Waals surface area (Å²) in [5.41, 5.74) is 0.453. The number of carbonyl (C=O) groups is 1. The first-order valence-corrected chi connectivity index (χ1v) is 6.75. The summed E-state index contributed by atoms with van der Waals surface area (Å²) < 4.78 is 13.4. The molecule has 0 bridgehead atoms. The van der Waals surface area contributed by atoms with Gasteiger partial charge in [-0.2, -0.15) is 0 Å². The minimum Gasteiger partial charge on any atom is -0.352 e. The van der Waals surface area contributed by atoms with Crippen molar-refractivity contribution in [2.75, 3.05) is 0 Å². The van der Waals surface area contributed by atoms with Crippen LogP contribution in [0.4, 0.5) is 4.39 Å². The lowest BCUT2D eigenvalue weighted by Gasteiger charge is -2.16. The van der Waals surface area contributed by atoms with Gasteiger partial charge in [0.05, 0.1) is 6.42 Å². The van der Waals surface area contributed by atoms with E-state index in [9.17, 15) is 9.18 Å². The SMILES string of the molecule is O=C(Cc1ccccc1F)NC1CCCC1Br. The molecule has 0 heterocycles. The van der Waals surface area contributed by atoms with E-state index in [2.05, 4.69) is 21.2 Å². The van der Waals surface area contributed by atoms with Crippen molar-refractivity contribution in [1.29, 1.82) is 0 Å². The average Bonchev–Trinajstić information content (AvgIpc) is 2.68. The molecule has 1 aromatic rings. The number of hydrogen-bond donors (Lipinski definition) is 1. The number of benzene rings is 1. The first-order chi connectivity index (χ1) is 8.16. The molecule has 2 rings (SSSR count). The van der Waals surface area contributed by atoms with Crippen molar-refractivity contribution in [3.05, 3.63) is 35.6 Å². The van der Waals surface area contributed by atoms with Gasteiger partial charge in [-0.05, 0) is 24.5 Å². The number of nitrogens with one attached hydrogen (secondary N) is 1. The molecule has 1 amide bonds. The van der Waals surface area contributed by atoms with E-state index in [0.717, 1.165) is 19.3 Å². The highest BCUT2D eigenvalue weighted by molar-refractivity contribution is 9.09. The summed E-state index contributed by atoms with van der Waals surface area (Å²) in [7, 11) is 0. The normalized spacial score (nSPS) is 23.6. The van der Waals surface area contributed by atoms with E-state index in [-0.39, 0.29) is 24.2 Å². The third-order valence-corrected chi connectivity index (χ3v) is 4.18. The summed E-state index contributed by atoms with van der Waals surface area (Å²) in [5, 5.41) is 2.95. The molecular weight excluding hydrogens is 285 g/mol. The van der Waals surface area contributed by atoms with Crippen molar-refractivity contribution >= 4 is 21.8 Å². The predicted molar refractivity (Wildman–Crippen MR) is 68.6 cm³/mol. The lowest BCUT2D eigenvalue weighted by Crippen LogP contribution is -2.38. The minimum absolute atomic E-state index is 0.105. The summed E-state index contributed by atoms with van der Waals surface area (Å²) in [4.78, 5) is 12.1. The molecule has 4 heteroatoms. The van der Waals surface area contributed by atoms with Gasteiger partial charge in [-0.15, -0.1) is 0 Å². The molecule has 0 spiro atoms. The van der Waals surface area contributed by atoms with Gasteiger partial charge in [-0.25, -0.2) is 4.39 Å². The fourth-order valence-electron chi connectivity index (χ4n) is 2.15. The molecule has 2 nitrogen and oxygen atoms in total. The Kier molecular flexibility index (Phi) is 4.15. The van der Waals surface area contributed by atoms with E-state index >= 15 is 0 Å². The molecule has 1 aliphatic rings. The fourth-order valence-corrected chi connectivity index (χ4v) is 2.87. The second-order valence-electron chi connectivity index (χ2n) is 4.39. The van der Waals surface area contributed by atoms with Crippen LogP contribution in [0.15, 0.2) is 24.3 Å². The molecule has 0 aromatic heterocycles. The van der Waals surface area contributed by atoms with Crippen molar-refractivity contribution in [1.82, 2.24) is 5.32 Å². The fraction of sp³-hybridized carbons (Fsp3) is 0.462. The van der Waals surface area contributed by atoms with Crippen molar-refractivity contribution in [3.8, 4) is 0 Å². The van der Waals surface area contributed by atoms with Crippen molar-refractivity contribution in [2.24, 2.45) is 0 Å². The van der Waals surface area contributed by atoms with E-state index in [1.165, 1.54) is 6.07 Å². The van der Waals surface area contributed by atoms with Crippen LogP contribution < -0.4 is 5.32 Å². The molecule has 0 saturated heterocycles. The maximum absolute atomic E-state index is 13.4. The highest BCUT2D eigenvalue weighted by Crippen LogP contribution is 2.25. The van der Waals surface area contributed by atoms with Crippen molar-refractivity contribution in [3.63, 3.8) is 0 Å². The van der Waals surface area contributed by atoms with Crippen LogP contribution in [-0.2, 0) is 11.2 Å². The first-order valence-electron chi connectivity index (χ1n) is 5.83. The molecule has 2 unspecified atom stereocenters. The van der Waals surface area contributed by atoms with Gasteiger partial charge in [-0.3, -0.25) is 4.79 Å². The number of halogens is 2. The number of alkyl halides is 1. The van der Waals surface area contributed by atoms with E-state index < -0.39 is 0 Å². The summed E-state index contributed by atoms with van der Waals surface area (Å²) in [5.74, 6) is -0.420. The minimum atomic E-state index is -0.315. The molecule has 2 atom stereocenters. The molecule has 1 aromatic carbocycles. The third kappa shape index (κ3) is 3.28. The Labute approximate surface area is 109 Å². The molecule has 0 aliphatic heterocycles. The number of rotatable bonds is 3. The molecule has 17 heavy (non-hydrogen) atoms. The summed E-state index contributed by atoms with van der Waals surface area (Å²) in [6, 6.07) is 6.59. The van der Waals surface area contributed by atoms with Gasteiger partial charge in [0.1, 0.15) is 5.82 Å². The van der Waals surface area contributed by atoms with Crippen LogP contribution in [0.25, 0.3) is 0 Å². The van der Waals surface area contributed by atoms with E-state index in [1.54, 1.807) is 18.2 Å². The van der Waals surface area contributed by atoms with Crippen molar-refractivity contribution in [2.45, 2.75) is 36.6 Å². The average molecular weight is 300 g/mol. The summed E-state index contributed by atoms with van der Waals surface area (Å²) >= 11 is 3.54. The highest BCUT2D eigenvalue weighted by atomic mass is 79.9. The maximum Gasteiger partial charge on any atom is 0.224 e. The lowest BCUT2D eigenvalue weighted by molar-refractivity contribution is -0.121. The zero-order valence-corrected chi connectivity index (χ0v) is 11.0. The van der Waals surface area contributed by atoms with Crippen LogP contribution in [0.2, 0.25) is 0 Å². The summed E-state index contributed by atoms with van der Waals surface area (Å²) in [6.45, 7) is 0. The van der Waals surface area contributed by atoms with Gasteiger partial charge in [0.25, 0.3) is 0 Å². The van der Waals surface area contributed by atoms with Crippen LogP contribution in [-0.4, -0.2) is 16.8 Å². The number of hydrogen-bond acceptors (Lipinski definition) is 1. The van der Waals surface area contributed by atoms with Gasteiger partial charge in [0, 0.05) is 10.9 Å². The zero-order valence-electron chi connectivity index (χ0n) is 9.46. The number of amides is 1. The topological polar surface area (TPSA) is 29.1 Å². The van der Waals surface area contributed by atoms with Crippen LogP contribution in [0.5, 0.6) is 0 Å². The Bertz CT molecular complexity index is 410. The molecule has 1 fully saturated rings. The largest absolute Gasteiger partial charge is 0.352 e. The Morgan fingerprint density at radius 3 is 2.82 bits per heavy atom. The van der Waals surface area contributed by atoms with Gasteiger partial charge >= 0.3 is 0 Å². The molecule has 1 aliphatic carbocycles. The van der Waals surface area contributed by atoms with Crippen LogP contribution in [0, 0.1) is 5.82 Å². The van der Waals surface area contributed by atoms with Crippen LogP contribution in [0.3, 0.4) is 0 Å². The maximum atomic E-state index is 13.4. The quantitative estimate of drug-likeness (QED) is 0.855. The lowest BCUT2D eigenvalue weighted by atomic mass is 10.1. The monoisotopic (exact) mass is 299 g/mol. The Morgan fingerprint density at radius 2 is 2.18 bits per heavy atom. The molecular formula is C13H15BrFNO. The Balaban J connectivity index is 1.91. The highest BCUT2D eigenvalue weighted by Gasteiger charge is 2.26. The van der Waals surface area contributed by atoms with Crippen LogP contribution in [0.1, 0.15) is 24.8 Å². The molecule has 0 radical (unpaired) electrons. The van der Waals surface area contributed by atoms with Gasteiger partial charge in [0.2, 0.25) is 5.91 Å². The standard InChI is InChI=1S/C13H15BrFNO/c14-10-5-3-7-12(10)16-13(17)8-9-4-1-2-6-11(9)15/h1-2,4,6,10,12H,3,5,7-8H2,(H,16,17). The zero-order chi connectivity index (χ0) is 12.3. The Hall–Kier alpha value is -0.900. The predicted octanol–water partition coefficient (Wildman–Crippen LogP) is 2.80. The third-order valence-electron chi connectivity index (χ3n) is 3.09. The molecule has 92 valence electrons. The van der Waals surface area contributed by atoms with E-state index in [1.807, 2.05) is 0 Å². The second-order valence-corrected chi connectivity index (χ2v) is 5.57. The first kappa shape index (κ1) is 12.6.